The molecule has 0 spiro atoms. The number of aryl methyl sites for hydroxylation is 1. The number of fused-ring (bicyclic) bond motifs is 1. The van der Waals surface area contributed by atoms with E-state index in [0.717, 1.165) is 55.0 Å². The Hall–Kier alpha value is -2.21. The van der Waals surface area contributed by atoms with Gasteiger partial charge in [-0.25, -0.2) is 14.8 Å². The zero-order valence-corrected chi connectivity index (χ0v) is 15.2. The minimum absolute atomic E-state index is 0.0790. The number of amides is 2. The minimum atomic E-state index is -0.0790. The number of rotatable bonds is 5. The fraction of sp³-hybridized carbons (Fsp3) is 0.526. The Morgan fingerprint density at radius 2 is 2.00 bits per heavy atom. The number of aromatic nitrogens is 2. The molecule has 0 radical (unpaired) electrons. The van der Waals surface area contributed by atoms with E-state index < -0.39 is 0 Å². The van der Waals surface area contributed by atoms with Gasteiger partial charge in [-0.15, -0.1) is 0 Å². The number of carbonyl (C=O) groups excluding carboxylic acids is 1. The summed E-state index contributed by atoms with van der Waals surface area (Å²) in [4.78, 5) is 23.6. The van der Waals surface area contributed by atoms with Gasteiger partial charge in [0.1, 0.15) is 0 Å². The van der Waals surface area contributed by atoms with Crippen LogP contribution < -0.4 is 10.6 Å². The van der Waals surface area contributed by atoms with Gasteiger partial charge in [0, 0.05) is 25.7 Å². The fourth-order valence-corrected chi connectivity index (χ4v) is 3.26. The van der Waals surface area contributed by atoms with Gasteiger partial charge < -0.3 is 10.6 Å². The predicted molar refractivity (Wildman–Crippen MR) is 99.3 cm³/mol. The Balaban J connectivity index is 1.55. The zero-order chi connectivity index (χ0) is 17.8. The third kappa shape index (κ3) is 4.66. The molecule has 6 heteroatoms. The number of para-hydroxylation sites is 2. The van der Waals surface area contributed by atoms with Crippen molar-refractivity contribution >= 4 is 17.1 Å². The first-order valence-electron chi connectivity index (χ1n) is 9.00. The molecule has 2 amide bonds. The third-order valence-electron chi connectivity index (χ3n) is 4.56. The fourth-order valence-electron chi connectivity index (χ4n) is 3.26. The summed E-state index contributed by atoms with van der Waals surface area (Å²) in [6.07, 6.45) is 1.10. The molecule has 0 bridgehead atoms. The summed E-state index contributed by atoms with van der Waals surface area (Å²) in [5.74, 6) is 0.492. The highest BCUT2D eigenvalue weighted by Crippen LogP contribution is 2.20. The maximum absolute atomic E-state index is 11.7. The molecule has 2 N–H and O–H groups in total. The van der Waals surface area contributed by atoms with Gasteiger partial charge in [-0.05, 0) is 51.8 Å². The molecule has 1 saturated heterocycles. The molecule has 1 aromatic carbocycles. The number of nitrogens with zero attached hydrogens (tertiary/aromatic N) is 3. The Kier molecular flexibility index (Phi) is 5.48. The molecular weight excluding hydrogens is 314 g/mol. The monoisotopic (exact) mass is 341 g/mol. The summed E-state index contributed by atoms with van der Waals surface area (Å²) >= 11 is 0. The van der Waals surface area contributed by atoms with Crippen molar-refractivity contribution in [2.45, 2.75) is 39.8 Å². The normalized spacial score (nSPS) is 18.0. The molecule has 1 aliphatic rings. The highest BCUT2D eigenvalue weighted by molar-refractivity contribution is 5.74. The van der Waals surface area contributed by atoms with Gasteiger partial charge in [0.2, 0.25) is 0 Å². The highest BCUT2D eigenvalue weighted by atomic mass is 16.2. The lowest BCUT2D eigenvalue weighted by molar-refractivity contribution is 0.236. The third-order valence-corrected chi connectivity index (χ3v) is 4.56. The van der Waals surface area contributed by atoms with Crippen LogP contribution in [0.1, 0.15) is 31.7 Å². The first-order valence-corrected chi connectivity index (χ1v) is 9.00. The largest absolute Gasteiger partial charge is 0.338 e. The van der Waals surface area contributed by atoms with Crippen molar-refractivity contribution in [3.8, 4) is 0 Å². The number of nitrogens with one attached hydrogen (secondary N) is 2. The van der Waals surface area contributed by atoms with E-state index in [9.17, 15) is 4.79 Å². The average Bonchev–Trinajstić information content (AvgIpc) is 3.00. The molecule has 1 aliphatic heterocycles. The summed E-state index contributed by atoms with van der Waals surface area (Å²) in [7, 11) is 0. The lowest BCUT2D eigenvalue weighted by Crippen LogP contribution is -2.41. The molecule has 2 heterocycles. The van der Waals surface area contributed by atoms with Crippen LogP contribution in [-0.2, 0) is 6.54 Å². The zero-order valence-electron chi connectivity index (χ0n) is 15.2. The second-order valence-corrected chi connectivity index (χ2v) is 7.14. The SMILES string of the molecule is Cc1nc2ccccc2nc1CN1CC[C@@H](CNC(=O)NC(C)C)C1. The van der Waals surface area contributed by atoms with Crippen molar-refractivity contribution in [2.24, 2.45) is 5.92 Å². The van der Waals surface area contributed by atoms with Gasteiger partial charge in [-0.1, -0.05) is 12.1 Å². The average molecular weight is 341 g/mol. The van der Waals surface area contributed by atoms with E-state index in [1.54, 1.807) is 0 Å². The molecule has 1 aromatic heterocycles. The van der Waals surface area contributed by atoms with Crippen LogP contribution in [0.15, 0.2) is 24.3 Å². The number of urea groups is 1. The maximum Gasteiger partial charge on any atom is 0.314 e. The number of benzene rings is 1. The van der Waals surface area contributed by atoms with E-state index in [4.69, 9.17) is 4.98 Å². The number of likely N-dealkylation sites (tertiary alicyclic amines) is 1. The quantitative estimate of drug-likeness (QED) is 0.876. The molecule has 134 valence electrons. The van der Waals surface area contributed by atoms with Gasteiger partial charge in [-0.3, -0.25) is 4.90 Å². The number of hydrogen-bond acceptors (Lipinski definition) is 4. The first kappa shape index (κ1) is 17.6. The molecular formula is C19H27N5O. The molecule has 1 fully saturated rings. The van der Waals surface area contributed by atoms with Crippen molar-refractivity contribution in [2.75, 3.05) is 19.6 Å². The van der Waals surface area contributed by atoms with E-state index >= 15 is 0 Å². The summed E-state index contributed by atoms with van der Waals surface area (Å²) < 4.78 is 0. The van der Waals surface area contributed by atoms with Gasteiger partial charge in [0.25, 0.3) is 0 Å². The van der Waals surface area contributed by atoms with Crippen molar-refractivity contribution < 1.29 is 4.79 Å². The minimum Gasteiger partial charge on any atom is -0.338 e. The van der Waals surface area contributed by atoms with Gasteiger partial charge in [0.05, 0.1) is 22.4 Å². The first-order chi connectivity index (χ1) is 12.0. The number of hydrogen-bond donors (Lipinski definition) is 2. The van der Waals surface area contributed by atoms with Crippen LogP contribution in [0.4, 0.5) is 4.79 Å². The van der Waals surface area contributed by atoms with Crippen molar-refractivity contribution in [1.82, 2.24) is 25.5 Å². The van der Waals surface area contributed by atoms with Crippen LogP contribution in [0.5, 0.6) is 0 Å². The summed E-state index contributed by atoms with van der Waals surface area (Å²) in [6, 6.07) is 8.08. The van der Waals surface area contributed by atoms with E-state index in [1.165, 1.54) is 0 Å². The summed E-state index contributed by atoms with van der Waals surface area (Å²) in [6.45, 7) is 9.51. The van der Waals surface area contributed by atoms with Crippen LogP contribution in [0.25, 0.3) is 11.0 Å². The molecule has 25 heavy (non-hydrogen) atoms. The predicted octanol–water partition coefficient (Wildman–Crippen LogP) is 2.47. The molecule has 0 saturated carbocycles. The molecule has 0 unspecified atom stereocenters. The lowest BCUT2D eigenvalue weighted by atomic mass is 10.1. The van der Waals surface area contributed by atoms with E-state index in [0.29, 0.717) is 5.92 Å². The molecule has 3 rings (SSSR count). The number of carbonyl (C=O) groups is 1. The molecule has 2 aromatic rings. The standard InChI is InChI=1S/C19H27N5O/c1-13(2)21-19(25)20-10-15-8-9-24(11-15)12-18-14(3)22-16-6-4-5-7-17(16)23-18/h4-7,13,15H,8-12H2,1-3H3,(H2,20,21,25)/t15-/m0/s1. The Morgan fingerprint density at radius 3 is 2.72 bits per heavy atom. The van der Waals surface area contributed by atoms with E-state index in [1.807, 2.05) is 45.0 Å². The Labute approximate surface area is 149 Å². The highest BCUT2D eigenvalue weighted by Gasteiger charge is 2.24. The summed E-state index contributed by atoms with van der Waals surface area (Å²) in [5.41, 5.74) is 3.94. The second-order valence-electron chi connectivity index (χ2n) is 7.14. The van der Waals surface area contributed by atoms with Crippen LogP contribution in [0.3, 0.4) is 0 Å². The van der Waals surface area contributed by atoms with Crippen LogP contribution in [0.2, 0.25) is 0 Å². The van der Waals surface area contributed by atoms with Crippen molar-refractivity contribution in [3.63, 3.8) is 0 Å². The Morgan fingerprint density at radius 1 is 1.28 bits per heavy atom. The van der Waals surface area contributed by atoms with E-state index in [-0.39, 0.29) is 12.1 Å². The molecule has 0 aliphatic carbocycles. The van der Waals surface area contributed by atoms with Gasteiger partial charge in [0.15, 0.2) is 0 Å². The van der Waals surface area contributed by atoms with Crippen LogP contribution in [-0.4, -0.2) is 46.6 Å². The van der Waals surface area contributed by atoms with Gasteiger partial charge >= 0.3 is 6.03 Å². The van der Waals surface area contributed by atoms with Crippen molar-refractivity contribution in [3.05, 3.63) is 35.7 Å². The second kappa shape index (κ2) is 7.78. The smallest absolute Gasteiger partial charge is 0.314 e. The summed E-state index contributed by atoms with van der Waals surface area (Å²) in [5, 5.41) is 5.83. The maximum atomic E-state index is 11.7. The van der Waals surface area contributed by atoms with Gasteiger partial charge in [-0.2, -0.15) is 0 Å². The topological polar surface area (TPSA) is 70.2 Å². The van der Waals surface area contributed by atoms with Crippen LogP contribution >= 0.6 is 0 Å². The van der Waals surface area contributed by atoms with Crippen molar-refractivity contribution in [1.29, 1.82) is 0 Å². The Bertz CT molecular complexity index is 746. The van der Waals surface area contributed by atoms with E-state index in [2.05, 4.69) is 20.5 Å². The lowest BCUT2D eigenvalue weighted by Gasteiger charge is -2.17. The molecule has 6 nitrogen and oxygen atoms in total. The van der Waals surface area contributed by atoms with Crippen LogP contribution in [0, 0.1) is 12.8 Å². The molecule has 1 atom stereocenters.